The van der Waals surface area contributed by atoms with Gasteiger partial charge in [-0.2, -0.15) is 0 Å². The first-order valence-corrected chi connectivity index (χ1v) is 18.9. The number of hydrogen-bond donors (Lipinski definition) is 1. The minimum Gasteiger partial charge on any atom is -0.363 e. The van der Waals surface area contributed by atoms with E-state index in [1.54, 1.807) is 13.0 Å². The van der Waals surface area contributed by atoms with Crippen LogP contribution in [0.15, 0.2) is 12.7 Å². The molecule has 252 valence electrons. The second-order valence-corrected chi connectivity index (χ2v) is 15.7. The summed E-state index contributed by atoms with van der Waals surface area (Å²) in [5.74, 6) is 3.68. The van der Waals surface area contributed by atoms with E-state index in [4.69, 9.17) is 4.74 Å². The Bertz CT molecular complexity index is 834. The number of carbonyl (C=O) groups excluding carboxylic acids is 1. The molecule has 43 heavy (non-hydrogen) atoms. The first-order valence-electron chi connectivity index (χ1n) is 18.9. The van der Waals surface area contributed by atoms with E-state index in [1.807, 2.05) is 20.8 Å². The summed E-state index contributed by atoms with van der Waals surface area (Å²) >= 11 is 0. The number of rotatable bonds is 7. The number of fused-ring (bicyclic) bond motifs is 5. The lowest BCUT2D eigenvalue weighted by atomic mass is 9.35. The van der Waals surface area contributed by atoms with Crippen LogP contribution in [-0.4, -0.2) is 25.2 Å². The normalized spacial score (nSPS) is 41.3. The molecule has 4 saturated carbocycles. The smallest absolute Gasteiger partial charge is 0.129 e. The van der Waals surface area contributed by atoms with Crippen molar-refractivity contribution in [3.05, 3.63) is 12.7 Å². The fourth-order valence-corrected chi connectivity index (χ4v) is 11.5. The quantitative estimate of drug-likeness (QED) is 0.295. The van der Waals surface area contributed by atoms with Crippen molar-refractivity contribution in [2.45, 2.75) is 178 Å². The summed E-state index contributed by atoms with van der Waals surface area (Å²) in [6.45, 7) is 27.9. The number of Topliss-reactive ketones (excluding diaryl/α,β-unsaturated/α-hetero) is 1. The van der Waals surface area contributed by atoms with Gasteiger partial charge >= 0.3 is 0 Å². The minimum atomic E-state index is 0.296. The third-order valence-electron chi connectivity index (χ3n) is 13.1. The molecule has 1 saturated heterocycles. The molecular weight excluding hydrogens is 526 g/mol. The van der Waals surface area contributed by atoms with Crippen LogP contribution >= 0.6 is 0 Å². The molecule has 1 heterocycles. The summed E-state index contributed by atoms with van der Waals surface area (Å²) in [6, 6.07) is 0. The summed E-state index contributed by atoms with van der Waals surface area (Å²) in [4.78, 5) is 12.1. The molecule has 9 atom stereocenters. The third-order valence-corrected chi connectivity index (χ3v) is 13.1. The Morgan fingerprint density at radius 2 is 1.47 bits per heavy atom. The highest BCUT2D eigenvalue weighted by atomic mass is 16.5. The lowest BCUT2D eigenvalue weighted by Gasteiger charge is -2.69. The van der Waals surface area contributed by atoms with Gasteiger partial charge in [0, 0.05) is 19.6 Å². The van der Waals surface area contributed by atoms with Crippen LogP contribution in [0.1, 0.15) is 172 Å². The van der Waals surface area contributed by atoms with Crippen molar-refractivity contribution < 1.29 is 9.53 Å². The first kappa shape index (κ1) is 38.5. The molecule has 3 nitrogen and oxygen atoms in total. The standard InChI is InChI=1S/C32H55NO2.C3H8.C3H6.C2H6/c1-6-24-13-18-30(4)25(29(24,3)17-12-23(2)34)14-19-31(5)26(30)15-20-32(16-9-10-27(31)32)22-33-28-11-7-8-21-35-28;2*1-3-2;1-2/h24-28,33H,6-22H2,1-5H3;3H2,1-2H3;3H,1H2,2H3;1-2H3/t24?,25?,26?,27?,28?,29?,30?,31-,32?;;;/m0.../s1. The van der Waals surface area contributed by atoms with Crippen molar-refractivity contribution >= 4 is 5.78 Å². The Hall–Kier alpha value is -0.670. The summed E-state index contributed by atoms with van der Waals surface area (Å²) < 4.78 is 6.08. The van der Waals surface area contributed by atoms with Gasteiger partial charge in [-0.3, -0.25) is 5.32 Å². The van der Waals surface area contributed by atoms with Gasteiger partial charge < -0.3 is 9.53 Å². The Labute approximate surface area is 269 Å². The van der Waals surface area contributed by atoms with Crippen molar-refractivity contribution in [1.29, 1.82) is 0 Å². The van der Waals surface area contributed by atoms with Crippen molar-refractivity contribution in [2.75, 3.05) is 13.2 Å². The van der Waals surface area contributed by atoms with Gasteiger partial charge in [0.2, 0.25) is 0 Å². The van der Waals surface area contributed by atoms with E-state index in [0.717, 1.165) is 43.1 Å². The largest absolute Gasteiger partial charge is 0.363 e. The molecular formula is C40H75NO2. The van der Waals surface area contributed by atoms with Gasteiger partial charge in [0.1, 0.15) is 12.0 Å². The van der Waals surface area contributed by atoms with E-state index in [2.05, 4.69) is 53.4 Å². The van der Waals surface area contributed by atoms with Crippen LogP contribution in [0.4, 0.5) is 0 Å². The molecule has 0 spiro atoms. The van der Waals surface area contributed by atoms with Crippen LogP contribution in [0.2, 0.25) is 0 Å². The third kappa shape index (κ3) is 8.19. The average molecular weight is 602 g/mol. The Morgan fingerprint density at radius 3 is 2.05 bits per heavy atom. The molecule has 1 N–H and O–H groups in total. The summed E-state index contributed by atoms with van der Waals surface area (Å²) in [5, 5.41) is 3.93. The van der Waals surface area contributed by atoms with Crippen molar-refractivity contribution in [2.24, 2.45) is 45.3 Å². The van der Waals surface area contributed by atoms with E-state index in [1.165, 1.54) is 96.4 Å². The number of ketones is 1. The Morgan fingerprint density at radius 1 is 0.860 bits per heavy atom. The summed E-state index contributed by atoms with van der Waals surface area (Å²) in [7, 11) is 0. The van der Waals surface area contributed by atoms with Gasteiger partial charge in [-0.25, -0.2) is 0 Å². The molecule has 8 unspecified atom stereocenters. The maximum atomic E-state index is 12.1. The van der Waals surface area contributed by atoms with E-state index in [0.29, 0.717) is 33.7 Å². The van der Waals surface area contributed by atoms with Crippen molar-refractivity contribution in [3.8, 4) is 0 Å². The Kier molecular flexibility index (Phi) is 15.5. The van der Waals surface area contributed by atoms with Gasteiger partial charge in [-0.1, -0.05) is 80.7 Å². The zero-order chi connectivity index (χ0) is 32.3. The summed E-state index contributed by atoms with van der Waals surface area (Å²) in [6.07, 6.45) is 22.9. The van der Waals surface area contributed by atoms with Crippen molar-refractivity contribution in [3.63, 3.8) is 0 Å². The highest BCUT2D eigenvalue weighted by molar-refractivity contribution is 5.75. The maximum absolute atomic E-state index is 12.1. The zero-order valence-corrected chi connectivity index (χ0v) is 30.7. The van der Waals surface area contributed by atoms with E-state index >= 15 is 0 Å². The second kappa shape index (κ2) is 17.3. The van der Waals surface area contributed by atoms with Gasteiger partial charge in [-0.05, 0) is 136 Å². The number of hydrogen-bond acceptors (Lipinski definition) is 3. The van der Waals surface area contributed by atoms with Gasteiger partial charge in [-0.15, -0.1) is 6.58 Å². The van der Waals surface area contributed by atoms with Gasteiger partial charge in [0.05, 0.1) is 0 Å². The number of nitrogens with one attached hydrogen (secondary N) is 1. The maximum Gasteiger partial charge on any atom is 0.129 e. The molecule has 0 aromatic rings. The first-order chi connectivity index (χ1) is 20.5. The lowest BCUT2D eigenvalue weighted by molar-refractivity contribution is -0.204. The van der Waals surface area contributed by atoms with Crippen LogP contribution in [0, 0.1) is 45.3 Å². The molecule has 3 heteroatoms. The lowest BCUT2D eigenvalue weighted by Crippen LogP contribution is -2.63. The molecule has 1 aliphatic heterocycles. The fraction of sp³-hybridized carbons (Fsp3) is 0.925. The highest BCUT2D eigenvalue weighted by Gasteiger charge is 2.66. The van der Waals surface area contributed by atoms with Crippen LogP contribution in [-0.2, 0) is 9.53 Å². The van der Waals surface area contributed by atoms with Gasteiger partial charge in [0.25, 0.3) is 0 Å². The summed E-state index contributed by atoms with van der Waals surface area (Å²) in [5.41, 5.74) is 1.75. The van der Waals surface area contributed by atoms with E-state index in [-0.39, 0.29) is 0 Å². The number of allylic oxidation sites excluding steroid dienone is 1. The minimum absolute atomic E-state index is 0.296. The molecule has 0 amide bonds. The molecule has 4 aliphatic carbocycles. The average Bonchev–Trinajstić information content (AvgIpc) is 3.43. The predicted molar refractivity (Wildman–Crippen MR) is 187 cm³/mol. The molecule has 0 aromatic heterocycles. The number of carbonyl (C=O) groups is 1. The number of ether oxygens (including phenoxy) is 1. The SMILES string of the molecule is C=CC.CC.CCC.CCC1CCC2(C)C(CC[C@]3(C)C4CCCC4(CNC4CCCCO4)CCC23)C1(C)CCC(C)=O. The van der Waals surface area contributed by atoms with Crippen LogP contribution in [0.25, 0.3) is 0 Å². The second-order valence-electron chi connectivity index (χ2n) is 15.7. The topological polar surface area (TPSA) is 38.3 Å². The molecule has 5 fully saturated rings. The zero-order valence-electron chi connectivity index (χ0n) is 30.7. The van der Waals surface area contributed by atoms with Crippen LogP contribution in [0.5, 0.6) is 0 Å². The monoisotopic (exact) mass is 602 g/mol. The van der Waals surface area contributed by atoms with Crippen LogP contribution in [0.3, 0.4) is 0 Å². The molecule has 0 radical (unpaired) electrons. The predicted octanol–water partition coefficient (Wildman–Crippen LogP) is 11.6. The van der Waals surface area contributed by atoms with Gasteiger partial charge in [0.15, 0.2) is 0 Å². The van der Waals surface area contributed by atoms with Crippen LogP contribution < -0.4 is 5.32 Å². The molecule has 0 bridgehead atoms. The molecule has 0 aromatic carbocycles. The molecule has 5 aliphatic rings. The van der Waals surface area contributed by atoms with E-state index in [9.17, 15) is 4.79 Å². The Balaban J connectivity index is 0.000000733. The fourth-order valence-electron chi connectivity index (χ4n) is 11.5. The molecule has 5 rings (SSSR count). The highest BCUT2D eigenvalue weighted by Crippen LogP contribution is 2.74. The van der Waals surface area contributed by atoms with E-state index < -0.39 is 0 Å². The van der Waals surface area contributed by atoms with Crippen molar-refractivity contribution in [1.82, 2.24) is 5.32 Å².